The van der Waals surface area contributed by atoms with Crippen molar-refractivity contribution in [3.8, 4) is 17.2 Å². The van der Waals surface area contributed by atoms with E-state index in [1.807, 2.05) is 25.1 Å². The minimum absolute atomic E-state index is 0.140. The molecule has 2 aromatic carbocycles. The van der Waals surface area contributed by atoms with E-state index in [9.17, 15) is 4.79 Å². The largest absolute Gasteiger partial charge is 0.487 e. The molecule has 1 aliphatic heterocycles. The number of carbonyl (C=O) groups is 1. The highest BCUT2D eigenvalue weighted by Crippen LogP contribution is 2.27. The Morgan fingerprint density at radius 1 is 1.15 bits per heavy atom. The Labute approximate surface area is 195 Å². The SMILES string of the molecule is CCc1cc(OCc2nc(-c3ccc(C)cc3)oc2C)ccc1CN1CCCC1C(=O)OC. The molecule has 1 aliphatic rings. The van der Waals surface area contributed by atoms with Crippen molar-refractivity contribution >= 4 is 5.97 Å². The number of nitrogens with zero attached hydrogens (tertiary/aromatic N) is 2. The number of esters is 1. The van der Waals surface area contributed by atoms with Gasteiger partial charge in [0.25, 0.3) is 0 Å². The zero-order valence-corrected chi connectivity index (χ0v) is 19.9. The van der Waals surface area contributed by atoms with Crippen LogP contribution in [0, 0.1) is 13.8 Å². The van der Waals surface area contributed by atoms with E-state index in [0.29, 0.717) is 12.5 Å². The summed E-state index contributed by atoms with van der Waals surface area (Å²) < 4.78 is 16.9. The number of carbonyl (C=O) groups excluding carboxylic acids is 1. The zero-order chi connectivity index (χ0) is 23.4. The molecule has 1 fully saturated rings. The normalized spacial score (nSPS) is 16.2. The fourth-order valence-corrected chi connectivity index (χ4v) is 4.35. The van der Waals surface area contributed by atoms with Crippen LogP contribution in [0.1, 0.15) is 47.9 Å². The molecule has 0 spiro atoms. The molecule has 3 aromatic rings. The van der Waals surface area contributed by atoms with Gasteiger partial charge in [0.2, 0.25) is 5.89 Å². The monoisotopic (exact) mass is 448 g/mol. The lowest BCUT2D eigenvalue weighted by molar-refractivity contribution is -0.146. The Morgan fingerprint density at radius 3 is 2.67 bits per heavy atom. The second-order valence-corrected chi connectivity index (χ2v) is 8.61. The minimum atomic E-state index is -0.145. The van der Waals surface area contributed by atoms with Crippen molar-refractivity contribution in [3.05, 3.63) is 70.6 Å². The number of hydrogen-bond donors (Lipinski definition) is 0. The smallest absolute Gasteiger partial charge is 0.323 e. The highest BCUT2D eigenvalue weighted by molar-refractivity contribution is 5.76. The topological polar surface area (TPSA) is 64.8 Å². The lowest BCUT2D eigenvalue weighted by Gasteiger charge is -2.23. The second-order valence-electron chi connectivity index (χ2n) is 8.61. The molecule has 6 heteroatoms. The average Bonchev–Trinajstić information content (AvgIpc) is 3.44. The molecular formula is C27H32N2O4. The number of oxazole rings is 1. The lowest BCUT2D eigenvalue weighted by Crippen LogP contribution is -2.36. The van der Waals surface area contributed by atoms with Crippen LogP contribution in [0.3, 0.4) is 0 Å². The Hall–Kier alpha value is -3.12. The number of aryl methyl sites for hydroxylation is 3. The molecule has 0 bridgehead atoms. The van der Waals surface area contributed by atoms with Crippen LogP contribution in [0.15, 0.2) is 46.9 Å². The second kappa shape index (κ2) is 10.2. The molecule has 0 N–H and O–H groups in total. The van der Waals surface area contributed by atoms with Gasteiger partial charge in [0.1, 0.15) is 29.9 Å². The number of benzene rings is 2. The van der Waals surface area contributed by atoms with Crippen molar-refractivity contribution in [2.24, 2.45) is 0 Å². The van der Waals surface area contributed by atoms with E-state index in [2.05, 4.69) is 48.0 Å². The first-order chi connectivity index (χ1) is 16.0. The first-order valence-electron chi connectivity index (χ1n) is 11.6. The Balaban J connectivity index is 1.43. The molecular weight excluding hydrogens is 416 g/mol. The highest BCUT2D eigenvalue weighted by atomic mass is 16.5. The summed E-state index contributed by atoms with van der Waals surface area (Å²) in [6.45, 7) is 8.11. The Bertz CT molecular complexity index is 1100. The standard InChI is InChI=1S/C27H32N2O4/c1-5-20-15-23(13-12-22(20)16-29-14-6-7-25(29)27(30)31-4)32-17-24-19(3)33-26(28-24)21-10-8-18(2)9-11-21/h8-13,15,25H,5-7,14,16-17H2,1-4H3. The van der Waals surface area contributed by atoms with Crippen molar-refractivity contribution < 1.29 is 18.7 Å². The fraction of sp³-hybridized carbons (Fsp3) is 0.407. The van der Waals surface area contributed by atoms with E-state index in [4.69, 9.17) is 13.9 Å². The third-order valence-corrected chi connectivity index (χ3v) is 6.34. The van der Waals surface area contributed by atoms with E-state index in [1.165, 1.54) is 23.8 Å². The van der Waals surface area contributed by atoms with Gasteiger partial charge in [-0.05, 0) is 75.0 Å². The number of ether oxygens (including phenoxy) is 2. The third-order valence-electron chi connectivity index (χ3n) is 6.34. The molecule has 4 rings (SSSR count). The number of rotatable bonds is 8. The van der Waals surface area contributed by atoms with Crippen LogP contribution in [0.2, 0.25) is 0 Å². The molecule has 1 unspecified atom stereocenters. The summed E-state index contributed by atoms with van der Waals surface area (Å²) in [6, 6.07) is 14.2. The summed E-state index contributed by atoms with van der Waals surface area (Å²) in [6.07, 6.45) is 2.77. The van der Waals surface area contributed by atoms with Gasteiger partial charge in [-0.15, -0.1) is 0 Å². The summed E-state index contributed by atoms with van der Waals surface area (Å²) in [4.78, 5) is 18.9. The van der Waals surface area contributed by atoms with E-state index in [-0.39, 0.29) is 12.0 Å². The first-order valence-corrected chi connectivity index (χ1v) is 11.6. The van der Waals surface area contributed by atoms with Crippen LogP contribution in [0.25, 0.3) is 11.5 Å². The van der Waals surface area contributed by atoms with Gasteiger partial charge in [-0.2, -0.15) is 0 Å². The zero-order valence-electron chi connectivity index (χ0n) is 19.9. The molecule has 174 valence electrons. The van der Waals surface area contributed by atoms with Crippen molar-refractivity contribution in [1.82, 2.24) is 9.88 Å². The van der Waals surface area contributed by atoms with Crippen LogP contribution < -0.4 is 4.74 Å². The fourth-order valence-electron chi connectivity index (χ4n) is 4.35. The highest BCUT2D eigenvalue weighted by Gasteiger charge is 2.31. The predicted molar refractivity (Wildman–Crippen MR) is 127 cm³/mol. The first kappa shape index (κ1) is 23.1. The van der Waals surface area contributed by atoms with Crippen LogP contribution in [0.4, 0.5) is 0 Å². The van der Waals surface area contributed by atoms with E-state index in [1.54, 1.807) is 0 Å². The maximum Gasteiger partial charge on any atom is 0.323 e. The minimum Gasteiger partial charge on any atom is -0.487 e. The molecule has 1 atom stereocenters. The molecule has 0 amide bonds. The van der Waals surface area contributed by atoms with E-state index in [0.717, 1.165) is 55.1 Å². The summed E-state index contributed by atoms with van der Waals surface area (Å²) in [7, 11) is 1.46. The van der Waals surface area contributed by atoms with Gasteiger partial charge < -0.3 is 13.9 Å². The van der Waals surface area contributed by atoms with Gasteiger partial charge in [0.05, 0.1) is 7.11 Å². The van der Waals surface area contributed by atoms with Crippen LogP contribution in [0.5, 0.6) is 5.75 Å². The molecule has 6 nitrogen and oxygen atoms in total. The molecule has 1 aromatic heterocycles. The predicted octanol–water partition coefficient (Wildman–Crippen LogP) is 5.24. The third kappa shape index (κ3) is 5.28. The Morgan fingerprint density at radius 2 is 1.94 bits per heavy atom. The molecule has 2 heterocycles. The molecule has 0 radical (unpaired) electrons. The van der Waals surface area contributed by atoms with E-state index >= 15 is 0 Å². The van der Waals surface area contributed by atoms with Crippen LogP contribution in [-0.4, -0.2) is 35.5 Å². The van der Waals surface area contributed by atoms with Crippen molar-refractivity contribution in [2.75, 3.05) is 13.7 Å². The summed E-state index contributed by atoms with van der Waals surface area (Å²) in [5.41, 5.74) is 5.40. The van der Waals surface area contributed by atoms with Gasteiger partial charge in [0, 0.05) is 12.1 Å². The van der Waals surface area contributed by atoms with Crippen LogP contribution in [-0.2, 0) is 29.1 Å². The van der Waals surface area contributed by atoms with Gasteiger partial charge in [-0.1, -0.05) is 30.7 Å². The van der Waals surface area contributed by atoms with Gasteiger partial charge >= 0.3 is 5.97 Å². The molecule has 0 saturated carbocycles. The molecule has 33 heavy (non-hydrogen) atoms. The van der Waals surface area contributed by atoms with Gasteiger partial charge in [-0.25, -0.2) is 4.98 Å². The summed E-state index contributed by atoms with van der Waals surface area (Å²) in [5, 5.41) is 0. The number of methoxy groups -OCH3 is 1. The molecule has 1 saturated heterocycles. The summed E-state index contributed by atoms with van der Waals surface area (Å²) in [5.74, 6) is 2.04. The van der Waals surface area contributed by atoms with E-state index < -0.39 is 0 Å². The summed E-state index contributed by atoms with van der Waals surface area (Å²) >= 11 is 0. The average molecular weight is 449 g/mol. The molecule has 0 aliphatic carbocycles. The quantitative estimate of drug-likeness (QED) is 0.439. The number of likely N-dealkylation sites (tertiary alicyclic amines) is 1. The number of hydrogen-bond acceptors (Lipinski definition) is 6. The van der Waals surface area contributed by atoms with Crippen molar-refractivity contribution in [3.63, 3.8) is 0 Å². The van der Waals surface area contributed by atoms with Gasteiger partial charge in [-0.3, -0.25) is 9.69 Å². The maximum absolute atomic E-state index is 12.1. The lowest BCUT2D eigenvalue weighted by atomic mass is 10.0. The Kier molecular flexibility index (Phi) is 7.14. The number of aromatic nitrogens is 1. The van der Waals surface area contributed by atoms with Crippen LogP contribution >= 0.6 is 0 Å². The van der Waals surface area contributed by atoms with Gasteiger partial charge in [0.15, 0.2) is 0 Å². The van der Waals surface area contributed by atoms with Crippen molar-refractivity contribution in [1.29, 1.82) is 0 Å². The maximum atomic E-state index is 12.1. The van der Waals surface area contributed by atoms with Crippen molar-refractivity contribution in [2.45, 2.75) is 59.2 Å².